The Balaban J connectivity index is 1.47. The number of aryl methyl sites for hydroxylation is 1. The van der Waals surface area contributed by atoms with E-state index in [4.69, 9.17) is 4.98 Å². The maximum Gasteiger partial charge on any atom is 0.259 e. The highest BCUT2D eigenvalue weighted by atomic mass is 32.2. The number of thiophene rings is 1. The Hall–Kier alpha value is -1.67. The first kappa shape index (κ1) is 18.4. The summed E-state index contributed by atoms with van der Waals surface area (Å²) in [5, 5.41) is 10.6. The molecular weight excluding hydrogens is 390 g/mol. The molecule has 0 aliphatic heterocycles. The molecule has 3 aromatic rings. The minimum Gasteiger partial charge on any atom is -0.309 e. The number of hydrogen-bond donors (Lipinski definition) is 1. The summed E-state index contributed by atoms with van der Waals surface area (Å²) in [5.74, 6) is 3.10. The molecular formula is C20H25N5OS2. The van der Waals surface area contributed by atoms with E-state index in [1.54, 1.807) is 23.1 Å². The molecule has 6 nitrogen and oxygen atoms in total. The van der Waals surface area contributed by atoms with Crippen LogP contribution in [0, 0.1) is 5.92 Å². The number of aromatic nitrogens is 5. The maximum absolute atomic E-state index is 12.9. The van der Waals surface area contributed by atoms with Crippen LogP contribution in [-0.4, -0.2) is 24.7 Å². The van der Waals surface area contributed by atoms with Crippen LogP contribution in [0.2, 0.25) is 0 Å². The summed E-state index contributed by atoms with van der Waals surface area (Å²) in [7, 11) is 0. The highest BCUT2D eigenvalue weighted by molar-refractivity contribution is 7.99. The summed E-state index contributed by atoms with van der Waals surface area (Å²) < 4.78 is 2.21. The van der Waals surface area contributed by atoms with Gasteiger partial charge in [-0.2, -0.15) is 0 Å². The van der Waals surface area contributed by atoms with E-state index >= 15 is 0 Å². The van der Waals surface area contributed by atoms with Crippen molar-refractivity contribution < 1.29 is 0 Å². The van der Waals surface area contributed by atoms with Crippen molar-refractivity contribution in [3.05, 3.63) is 32.4 Å². The van der Waals surface area contributed by atoms with Crippen molar-refractivity contribution in [1.82, 2.24) is 24.7 Å². The van der Waals surface area contributed by atoms with Gasteiger partial charge < -0.3 is 9.55 Å². The largest absolute Gasteiger partial charge is 0.309 e. The zero-order valence-electron chi connectivity index (χ0n) is 16.5. The van der Waals surface area contributed by atoms with Gasteiger partial charge in [0.1, 0.15) is 16.5 Å². The van der Waals surface area contributed by atoms with Crippen LogP contribution in [0.5, 0.6) is 0 Å². The van der Waals surface area contributed by atoms with E-state index in [1.807, 2.05) is 0 Å². The molecule has 2 aliphatic carbocycles. The van der Waals surface area contributed by atoms with Crippen LogP contribution < -0.4 is 5.56 Å². The van der Waals surface area contributed by atoms with Gasteiger partial charge in [0.15, 0.2) is 5.16 Å². The molecule has 8 heteroatoms. The number of nitrogens with one attached hydrogen (secondary N) is 1. The number of aromatic amines is 1. The Bertz CT molecular complexity index is 1090. The van der Waals surface area contributed by atoms with Crippen LogP contribution in [0.15, 0.2) is 9.95 Å². The van der Waals surface area contributed by atoms with Gasteiger partial charge in [-0.3, -0.25) is 4.79 Å². The van der Waals surface area contributed by atoms with Crippen molar-refractivity contribution >= 4 is 33.3 Å². The maximum atomic E-state index is 12.9. The number of thioether (sulfide) groups is 1. The molecule has 28 heavy (non-hydrogen) atoms. The SMILES string of the molecule is CCn1c(S[C@@H](C)c2nc3sc4c(c3c(=O)[nH]2)CC[C@H](C)C4)nnc1C1CC1. The number of H-pyrrole nitrogens is 1. The summed E-state index contributed by atoms with van der Waals surface area (Å²) in [6, 6.07) is 0. The second-order valence-corrected chi connectivity index (χ2v) is 10.5. The molecule has 3 aromatic heterocycles. The van der Waals surface area contributed by atoms with Crippen molar-refractivity contribution in [3.8, 4) is 0 Å². The zero-order valence-corrected chi connectivity index (χ0v) is 18.1. The first-order valence-electron chi connectivity index (χ1n) is 10.2. The van der Waals surface area contributed by atoms with Crippen LogP contribution in [0.25, 0.3) is 10.2 Å². The third-order valence-electron chi connectivity index (χ3n) is 5.86. The van der Waals surface area contributed by atoms with Gasteiger partial charge in [-0.25, -0.2) is 4.98 Å². The number of nitrogens with zero attached hydrogens (tertiary/aromatic N) is 4. The van der Waals surface area contributed by atoms with Crippen molar-refractivity contribution in [2.45, 2.75) is 75.7 Å². The Labute approximate surface area is 172 Å². The molecule has 5 rings (SSSR count). The lowest BCUT2D eigenvalue weighted by Crippen LogP contribution is -2.15. The molecule has 148 valence electrons. The van der Waals surface area contributed by atoms with Gasteiger partial charge in [0, 0.05) is 17.3 Å². The van der Waals surface area contributed by atoms with E-state index in [9.17, 15) is 4.79 Å². The van der Waals surface area contributed by atoms with Gasteiger partial charge in [-0.1, -0.05) is 18.7 Å². The fourth-order valence-electron chi connectivity index (χ4n) is 4.10. The van der Waals surface area contributed by atoms with E-state index < -0.39 is 0 Å². The first-order valence-corrected chi connectivity index (χ1v) is 11.9. The second kappa shape index (κ2) is 6.99. The van der Waals surface area contributed by atoms with Gasteiger partial charge in [0.25, 0.3) is 5.56 Å². The van der Waals surface area contributed by atoms with Gasteiger partial charge in [0.05, 0.1) is 10.6 Å². The quantitative estimate of drug-likeness (QED) is 0.623. The van der Waals surface area contributed by atoms with Crippen LogP contribution >= 0.6 is 23.1 Å². The summed E-state index contributed by atoms with van der Waals surface area (Å²) in [6.45, 7) is 7.37. The minimum atomic E-state index is 0.00938. The Morgan fingerprint density at radius 3 is 2.89 bits per heavy atom. The van der Waals surface area contributed by atoms with Crippen LogP contribution in [-0.2, 0) is 19.4 Å². The Kier molecular flexibility index (Phi) is 4.58. The third-order valence-corrected chi connectivity index (χ3v) is 8.09. The van der Waals surface area contributed by atoms with Gasteiger partial charge >= 0.3 is 0 Å². The van der Waals surface area contributed by atoms with E-state index in [-0.39, 0.29) is 10.8 Å². The summed E-state index contributed by atoms with van der Waals surface area (Å²) in [5.41, 5.74) is 1.24. The molecule has 0 unspecified atom stereocenters. The predicted octanol–water partition coefficient (Wildman–Crippen LogP) is 4.45. The lowest BCUT2D eigenvalue weighted by atomic mass is 9.89. The molecule has 0 amide bonds. The molecule has 1 N–H and O–H groups in total. The zero-order chi connectivity index (χ0) is 19.4. The monoisotopic (exact) mass is 415 g/mol. The van der Waals surface area contributed by atoms with Crippen molar-refractivity contribution in [2.24, 2.45) is 5.92 Å². The molecule has 0 saturated heterocycles. The molecule has 0 bridgehead atoms. The summed E-state index contributed by atoms with van der Waals surface area (Å²) in [4.78, 5) is 23.0. The molecule has 1 saturated carbocycles. The molecule has 3 heterocycles. The van der Waals surface area contributed by atoms with Crippen molar-refractivity contribution in [3.63, 3.8) is 0 Å². The molecule has 0 radical (unpaired) electrons. The molecule has 1 fully saturated rings. The smallest absolute Gasteiger partial charge is 0.259 e. The fourth-order valence-corrected chi connectivity index (χ4v) is 6.47. The molecule has 0 spiro atoms. The average molecular weight is 416 g/mol. The topological polar surface area (TPSA) is 76.5 Å². The van der Waals surface area contributed by atoms with Gasteiger partial charge in [-0.05, 0) is 57.4 Å². The van der Waals surface area contributed by atoms with Crippen molar-refractivity contribution in [2.75, 3.05) is 0 Å². The second-order valence-electron chi connectivity index (χ2n) is 8.10. The number of hydrogen-bond acceptors (Lipinski definition) is 6. The van der Waals surface area contributed by atoms with E-state index in [2.05, 4.69) is 40.5 Å². The fraction of sp³-hybridized carbons (Fsp3) is 0.600. The van der Waals surface area contributed by atoms with E-state index in [0.29, 0.717) is 11.8 Å². The highest BCUT2D eigenvalue weighted by Gasteiger charge is 2.31. The lowest BCUT2D eigenvalue weighted by molar-refractivity contribution is 0.509. The van der Waals surface area contributed by atoms with Crippen LogP contribution in [0.3, 0.4) is 0 Å². The Morgan fingerprint density at radius 2 is 2.14 bits per heavy atom. The minimum absolute atomic E-state index is 0.00938. The van der Waals surface area contributed by atoms with Crippen molar-refractivity contribution in [1.29, 1.82) is 0 Å². The Morgan fingerprint density at radius 1 is 1.32 bits per heavy atom. The summed E-state index contributed by atoms with van der Waals surface area (Å²) >= 11 is 3.33. The lowest BCUT2D eigenvalue weighted by Gasteiger charge is -2.17. The van der Waals surface area contributed by atoms with Crippen LogP contribution in [0.4, 0.5) is 0 Å². The van der Waals surface area contributed by atoms with Gasteiger partial charge in [0.2, 0.25) is 0 Å². The predicted molar refractivity (Wildman–Crippen MR) is 113 cm³/mol. The molecule has 0 aromatic carbocycles. The number of rotatable bonds is 5. The summed E-state index contributed by atoms with van der Waals surface area (Å²) in [6.07, 6.45) is 5.65. The molecule has 2 aliphatic rings. The van der Waals surface area contributed by atoms with E-state index in [0.717, 1.165) is 52.8 Å². The highest BCUT2D eigenvalue weighted by Crippen LogP contribution is 2.42. The number of fused-ring (bicyclic) bond motifs is 3. The first-order chi connectivity index (χ1) is 13.5. The molecule has 2 atom stereocenters. The standard InChI is InChI=1S/C20H25N5OS2/c1-4-25-17(12-6-7-12)23-24-20(25)27-11(3)16-21-18(26)15-13-8-5-10(2)9-14(13)28-19(15)22-16/h10-12H,4-9H2,1-3H3,(H,21,22,26)/t10-,11-/m0/s1. The van der Waals surface area contributed by atoms with E-state index in [1.165, 1.54) is 23.3 Å². The third kappa shape index (κ3) is 3.10. The average Bonchev–Trinajstić information content (AvgIpc) is 3.33. The van der Waals surface area contributed by atoms with Crippen LogP contribution in [0.1, 0.15) is 73.3 Å². The van der Waals surface area contributed by atoms with Gasteiger partial charge in [-0.15, -0.1) is 21.5 Å². The normalized spacial score (nSPS) is 20.5.